The molecule has 3 atom stereocenters. The predicted molar refractivity (Wildman–Crippen MR) is 94.7 cm³/mol. The molecule has 0 saturated carbocycles. The van der Waals surface area contributed by atoms with Crippen LogP contribution in [0.15, 0.2) is 46.6 Å². The average molecular weight is 346 g/mol. The van der Waals surface area contributed by atoms with Gasteiger partial charge < -0.3 is 14.9 Å². The maximum atomic E-state index is 12.0. The number of aliphatic hydroxyl groups is 2. The van der Waals surface area contributed by atoms with Crippen LogP contribution in [0.5, 0.6) is 0 Å². The van der Waals surface area contributed by atoms with E-state index in [0.29, 0.717) is 30.4 Å². The molecule has 2 aliphatic rings. The van der Waals surface area contributed by atoms with Crippen LogP contribution in [0.3, 0.4) is 0 Å². The highest BCUT2D eigenvalue weighted by molar-refractivity contribution is 6.11. The Morgan fingerprint density at radius 1 is 1.36 bits per heavy atom. The minimum atomic E-state index is -1.21. The van der Waals surface area contributed by atoms with E-state index in [1.54, 1.807) is 20.8 Å². The zero-order valence-corrected chi connectivity index (χ0v) is 15.2. The summed E-state index contributed by atoms with van der Waals surface area (Å²) in [7, 11) is 0. The van der Waals surface area contributed by atoms with Crippen molar-refractivity contribution in [2.24, 2.45) is 0 Å². The summed E-state index contributed by atoms with van der Waals surface area (Å²) in [6.07, 6.45) is 7.15. The quantitative estimate of drug-likeness (QED) is 0.454. The fraction of sp³-hybridized carbons (Fsp3) is 0.500. The van der Waals surface area contributed by atoms with E-state index in [1.807, 2.05) is 19.1 Å². The summed E-state index contributed by atoms with van der Waals surface area (Å²) in [4.78, 5) is 23.6. The van der Waals surface area contributed by atoms with Crippen LogP contribution in [0.2, 0.25) is 0 Å². The van der Waals surface area contributed by atoms with Gasteiger partial charge in [0.2, 0.25) is 0 Å². The molecule has 0 fully saturated rings. The molecule has 136 valence electrons. The number of allylic oxidation sites excluding steroid dienone is 2. The normalized spacial score (nSPS) is 28.6. The van der Waals surface area contributed by atoms with E-state index in [9.17, 15) is 19.8 Å². The molecule has 2 rings (SSSR count). The second-order valence-corrected chi connectivity index (χ2v) is 7.08. The summed E-state index contributed by atoms with van der Waals surface area (Å²) in [5.41, 5.74) is 1.08. The maximum Gasteiger partial charge on any atom is 0.333 e. The van der Waals surface area contributed by atoms with Crippen LogP contribution in [-0.2, 0) is 14.3 Å². The Bertz CT molecular complexity index is 691. The SMILES string of the molecule is CC1=CC[C@H](/C(C)=C/CC[C@@](C)(O)/C=C2/C(=O)C(C)=C[C@H]2O)OC1=O. The molecule has 0 radical (unpaired) electrons. The van der Waals surface area contributed by atoms with Crippen molar-refractivity contribution in [1.29, 1.82) is 0 Å². The van der Waals surface area contributed by atoms with Crippen molar-refractivity contribution in [3.8, 4) is 0 Å². The number of ketones is 1. The van der Waals surface area contributed by atoms with Gasteiger partial charge in [0.05, 0.1) is 5.60 Å². The smallest absolute Gasteiger partial charge is 0.333 e. The molecule has 5 nitrogen and oxygen atoms in total. The Labute approximate surface area is 148 Å². The van der Waals surface area contributed by atoms with E-state index in [1.165, 1.54) is 12.2 Å². The Balaban J connectivity index is 1.96. The minimum Gasteiger partial charge on any atom is -0.454 e. The van der Waals surface area contributed by atoms with Gasteiger partial charge in [0, 0.05) is 17.6 Å². The van der Waals surface area contributed by atoms with E-state index < -0.39 is 11.7 Å². The molecule has 2 N–H and O–H groups in total. The molecule has 0 bridgehead atoms. The van der Waals surface area contributed by atoms with Crippen molar-refractivity contribution in [2.75, 3.05) is 0 Å². The van der Waals surface area contributed by atoms with Gasteiger partial charge in [0.25, 0.3) is 0 Å². The molecule has 0 aromatic heterocycles. The molecule has 1 aliphatic heterocycles. The Kier molecular flexibility index (Phi) is 5.80. The lowest BCUT2D eigenvalue weighted by atomic mass is 9.93. The highest BCUT2D eigenvalue weighted by Gasteiger charge is 2.29. The number of cyclic esters (lactones) is 1. The fourth-order valence-electron chi connectivity index (χ4n) is 2.96. The predicted octanol–water partition coefficient (Wildman–Crippen LogP) is 2.54. The molecule has 5 heteroatoms. The van der Waals surface area contributed by atoms with Gasteiger partial charge in [-0.15, -0.1) is 0 Å². The van der Waals surface area contributed by atoms with Crippen LogP contribution in [0.25, 0.3) is 0 Å². The molecular formula is C20H26O5. The van der Waals surface area contributed by atoms with E-state index >= 15 is 0 Å². The second kappa shape index (κ2) is 7.50. The molecule has 0 unspecified atom stereocenters. The fourth-order valence-corrected chi connectivity index (χ4v) is 2.96. The van der Waals surface area contributed by atoms with Crippen molar-refractivity contribution in [2.45, 2.75) is 64.8 Å². The van der Waals surface area contributed by atoms with Gasteiger partial charge in [-0.1, -0.05) is 12.2 Å². The van der Waals surface area contributed by atoms with Gasteiger partial charge in [0.1, 0.15) is 12.2 Å². The summed E-state index contributed by atoms with van der Waals surface area (Å²) >= 11 is 0. The van der Waals surface area contributed by atoms with E-state index in [-0.39, 0.29) is 23.4 Å². The number of aliphatic hydroxyl groups excluding tert-OH is 1. The molecule has 1 heterocycles. The Morgan fingerprint density at radius 3 is 2.60 bits per heavy atom. The number of carbonyl (C=O) groups excluding carboxylic acids is 2. The lowest BCUT2D eigenvalue weighted by Gasteiger charge is -2.23. The molecule has 0 spiro atoms. The first-order valence-electron chi connectivity index (χ1n) is 8.51. The molecule has 0 aromatic rings. The number of hydrogen-bond donors (Lipinski definition) is 2. The van der Waals surface area contributed by atoms with Crippen molar-refractivity contribution in [3.63, 3.8) is 0 Å². The van der Waals surface area contributed by atoms with Crippen LogP contribution >= 0.6 is 0 Å². The number of esters is 1. The van der Waals surface area contributed by atoms with Crippen molar-refractivity contribution in [1.82, 2.24) is 0 Å². The van der Waals surface area contributed by atoms with Crippen LogP contribution in [0, 0.1) is 0 Å². The third-order valence-corrected chi connectivity index (χ3v) is 4.65. The van der Waals surface area contributed by atoms with Gasteiger partial charge in [-0.2, -0.15) is 0 Å². The van der Waals surface area contributed by atoms with Crippen LogP contribution in [0.1, 0.15) is 47.0 Å². The van der Waals surface area contributed by atoms with Crippen LogP contribution < -0.4 is 0 Å². The molecule has 25 heavy (non-hydrogen) atoms. The van der Waals surface area contributed by atoms with Crippen molar-refractivity contribution in [3.05, 3.63) is 46.6 Å². The lowest BCUT2D eigenvalue weighted by molar-refractivity contribution is -0.143. The zero-order valence-electron chi connectivity index (χ0n) is 15.2. The second-order valence-electron chi connectivity index (χ2n) is 7.08. The minimum absolute atomic E-state index is 0.226. The molecule has 0 amide bonds. The number of hydrogen-bond acceptors (Lipinski definition) is 5. The summed E-state index contributed by atoms with van der Waals surface area (Å²) < 4.78 is 5.36. The van der Waals surface area contributed by atoms with E-state index in [0.717, 1.165) is 5.57 Å². The number of ether oxygens (including phenoxy) is 1. The summed E-state index contributed by atoms with van der Waals surface area (Å²) in [5.74, 6) is -0.520. The van der Waals surface area contributed by atoms with Gasteiger partial charge in [-0.05, 0) is 63.8 Å². The maximum absolute atomic E-state index is 12.0. The summed E-state index contributed by atoms with van der Waals surface area (Å²) in [6, 6.07) is 0. The number of Topliss-reactive ketones (excluding diaryl/α,β-unsaturated/α-hetero) is 1. The number of carbonyl (C=O) groups is 2. The van der Waals surface area contributed by atoms with Crippen molar-refractivity contribution >= 4 is 11.8 Å². The third-order valence-electron chi connectivity index (χ3n) is 4.65. The summed E-state index contributed by atoms with van der Waals surface area (Å²) in [5, 5.41) is 20.4. The highest BCUT2D eigenvalue weighted by Crippen LogP contribution is 2.26. The van der Waals surface area contributed by atoms with E-state index in [2.05, 4.69) is 0 Å². The molecule has 0 aromatic carbocycles. The first-order chi connectivity index (χ1) is 11.6. The monoisotopic (exact) mass is 346 g/mol. The Morgan fingerprint density at radius 2 is 2.04 bits per heavy atom. The van der Waals surface area contributed by atoms with Crippen LogP contribution in [0.4, 0.5) is 0 Å². The van der Waals surface area contributed by atoms with E-state index in [4.69, 9.17) is 4.74 Å². The Hall–Kier alpha value is -1.98. The van der Waals surface area contributed by atoms with Gasteiger partial charge in [-0.3, -0.25) is 4.79 Å². The van der Waals surface area contributed by atoms with Crippen molar-refractivity contribution < 1.29 is 24.5 Å². The highest BCUT2D eigenvalue weighted by atomic mass is 16.5. The standard InChI is InChI=1S/C20H26O5/c1-12(17-8-7-13(2)19(23)25-17)6-5-9-20(4,24)11-15-16(21)10-14(3)18(15)22/h6-7,10-11,16-17,21,24H,5,8-9H2,1-4H3/b12-6+,15-11+/t16-,17-,20-/m1/s1. The van der Waals surface area contributed by atoms with Crippen LogP contribution in [-0.4, -0.2) is 39.8 Å². The van der Waals surface area contributed by atoms with Gasteiger partial charge in [0.15, 0.2) is 5.78 Å². The first-order valence-corrected chi connectivity index (χ1v) is 8.51. The zero-order chi connectivity index (χ0) is 18.8. The van der Waals surface area contributed by atoms with Gasteiger partial charge >= 0.3 is 5.97 Å². The molecule has 1 aliphatic carbocycles. The topological polar surface area (TPSA) is 83.8 Å². The van der Waals surface area contributed by atoms with Gasteiger partial charge in [-0.25, -0.2) is 4.79 Å². The first kappa shape index (κ1) is 19.3. The third kappa shape index (κ3) is 4.77. The molecule has 0 saturated heterocycles. The lowest BCUT2D eigenvalue weighted by Crippen LogP contribution is -2.25. The number of rotatable bonds is 5. The average Bonchev–Trinajstić information content (AvgIpc) is 2.76. The molecular weight excluding hydrogens is 320 g/mol. The largest absolute Gasteiger partial charge is 0.454 e. The summed E-state index contributed by atoms with van der Waals surface area (Å²) in [6.45, 7) is 6.90.